The van der Waals surface area contributed by atoms with Crippen LogP contribution in [0, 0.1) is 0 Å². The number of methoxy groups -OCH3 is 1. The van der Waals surface area contributed by atoms with Gasteiger partial charge < -0.3 is 19.9 Å². The highest BCUT2D eigenvalue weighted by Gasteiger charge is 2.24. The summed E-state index contributed by atoms with van der Waals surface area (Å²) in [4.78, 5) is 11.3. The third-order valence-corrected chi connectivity index (χ3v) is 3.01. The Balaban J connectivity index is 2.23. The third-order valence-electron chi connectivity index (χ3n) is 3.01. The second-order valence-corrected chi connectivity index (χ2v) is 4.34. The average molecular weight is 245 g/mol. The zero-order chi connectivity index (χ0) is 12.7. The van der Waals surface area contributed by atoms with Crippen LogP contribution in [0.1, 0.15) is 32.6 Å². The molecule has 1 fully saturated rings. The van der Waals surface area contributed by atoms with Crippen molar-refractivity contribution in [1.82, 2.24) is 0 Å². The quantitative estimate of drug-likeness (QED) is 0.702. The summed E-state index contributed by atoms with van der Waals surface area (Å²) in [6.07, 6.45) is 4.49. The molecule has 0 radical (unpaired) electrons. The highest BCUT2D eigenvalue weighted by molar-refractivity contribution is 5.75. The first-order valence-electron chi connectivity index (χ1n) is 6.24. The number of carbonyl (C=O) groups is 1. The van der Waals surface area contributed by atoms with Crippen LogP contribution in [0.3, 0.4) is 0 Å². The van der Waals surface area contributed by atoms with Crippen LogP contribution < -0.4 is 5.73 Å². The van der Waals surface area contributed by atoms with Crippen LogP contribution >= 0.6 is 0 Å². The molecule has 0 amide bonds. The van der Waals surface area contributed by atoms with Crippen LogP contribution in [0.4, 0.5) is 0 Å². The summed E-state index contributed by atoms with van der Waals surface area (Å²) in [5.41, 5.74) is 5.66. The molecule has 0 aliphatic heterocycles. The van der Waals surface area contributed by atoms with Crippen molar-refractivity contribution in [3.63, 3.8) is 0 Å². The molecule has 0 aromatic heterocycles. The Labute approximate surface area is 103 Å². The lowest BCUT2D eigenvalue weighted by atomic mass is 9.95. The number of hydrogen-bond acceptors (Lipinski definition) is 5. The molecule has 17 heavy (non-hydrogen) atoms. The first-order chi connectivity index (χ1) is 8.17. The number of ether oxygens (including phenoxy) is 3. The standard InChI is InChI=1S/C12H23NO4/c1-3-16-12(14)11(13)8-17-10-6-4-5-9(7-10)15-2/h9-11H,3-8,13H2,1-2H3. The first-order valence-corrected chi connectivity index (χ1v) is 6.24. The van der Waals surface area contributed by atoms with Gasteiger partial charge in [-0.3, -0.25) is 4.79 Å². The van der Waals surface area contributed by atoms with Gasteiger partial charge in [0.25, 0.3) is 0 Å². The van der Waals surface area contributed by atoms with E-state index in [1.807, 2.05) is 0 Å². The van der Waals surface area contributed by atoms with Crippen molar-refractivity contribution in [2.45, 2.75) is 50.9 Å². The topological polar surface area (TPSA) is 70.8 Å². The lowest BCUT2D eigenvalue weighted by molar-refractivity contribution is -0.147. The predicted octanol–water partition coefficient (Wildman–Crippen LogP) is 0.851. The van der Waals surface area contributed by atoms with Crippen LogP contribution in [0.2, 0.25) is 0 Å². The maximum Gasteiger partial charge on any atom is 0.325 e. The Bertz CT molecular complexity index is 235. The maximum absolute atomic E-state index is 11.3. The SMILES string of the molecule is CCOC(=O)C(N)COC1CCCC(OC)C1. The Morgan fingerprint density at radius 3 is 2.76 bits per heavy atom. The van der Waals surface area contributed by atoms with Gasteiger partial charge in [-0.25, -0.2) is 0 Å². The summed E-state index contributed by atoms with van der Waals surface area (Å²) in [5.74, 6) is -0.397. The average Bonchev–Trinajstić information content (AvgIpc) is 2.36. The van der Waals surface area contributed by atoms with Crippen molar-refractivity contribution < 1.29 is 19.0 Å². The van der Waals surface area contributed by atoms with E-state index in [0.29, 0.717) is 6.61 Å². The maximum atomic E-state index is 11.3. The molecule has 1 aliphatic rings. The lowest BCUT2D eigenvalue weighted by Gasteiger charge is -2.28. The molecule has 0 aromatic carbocycles. The van der Waals surface area contributed by atoms with E-state index in [1.54, 1.807) is 14.0 Å². The van der Waals surface area contributed by atoms with Crippen molar-refractivity contribution in [1.29, 1.82) is 0 Å². The summed E-state index contributed by atoms with van der Waals surface area (Å²) in [5, 5.41) is 0. The normalized spacial score (nSPS) is 26.5. The summed E-state index contributed by atoms with van der Waals surface area (Å²) in [6, 6.07) is -0.683. The predicted molar refractivity (Wildman–Crippen MR) is 63.6 cm³/mol. The number of hydrogen-bond donors (Lipinski definition) is 1. The Morgan fingerprint density at radius 2 is 2.12 bits per heavy atom. The van der Waals surface area contributed by atoms with Crippen LogP contribution in [-0.2, 0) is 19.0 Å². The van der Waals surface area contributed by atoms with E-state index in [1.165, 1.54) is 0 Å². The van der Waals surface area contributed by atoms with Crippen molar-refractivity contribution in [2.24, 2.45) is 5.73 Å². The molecule has 1 saturated carbocycles. The molecule has 0 aromatic rings. The molecular formula is C12H23NO4. The van der Waals surface area contributed by atoms with Crippen molar-refractivity contribution >= 4 is 5.97 Å². The van der Waals surface area contributed by atoms with Gasteiger partial charge in [0.1, 0.15) is 6.04 Å². The van der Waals surface area contributed by atoms with Gasteiger partial charge in [0.05, 0.1) is 25.4 Å². The largest absolute Gasteiger partial charge is 0.465 e. The van der Waals surface area contributed by atoms with E-state index in [0.717, 1.165) is 25.7 Å². The number of rotatable bonds is 6. The molecule has 0 saturated heterocycles. The highest BCUT2D eigenvalue weighted by atomic mass is 16.5. The highest BCUT2D eigenvalue weighted by Crippen LogP contribution is 2.23. The Hall–Kier alpha value is -0.650. The van der Waals surface area contributed by atoms with Gasteiger partial charge in [0, 0.05) is 7.11 Å². The summed E-state index contributed by atoms with van der Waals surface area (Å²) < 4.78 is 15.8. The lowest BCUT2D eigenvalue weighted by Crippen LogP contribution is -2.39. The molecule has 3 atom stereocenters. The fourth-order valence-corrected chi connectivity index (χ4v) is 2.02. The summed E-state index contributed by atoms with van der Waals surface area (Å²) >= 11 is 0. The molecule has 0 bridgehead atoms. The molecule has 1 aliphatic carbocycles. The van der Waals surface area contributed by atoms with E-state index >= 15 is 0 Å². The van der Waals surface area contributed by atoms with E-state index in [-0.39, 0.29) is 18.8 Å². The first kappa shape index (κ1) is 14.4. The minimum Gasteiger partial charge on any atom is -0.465 e. The number of carbonyl (C=O) groups excluding carboxylic acids is 1. The van der Waals surface area contributed by atoms with Crippen molar-refractivity contribution in [2.75, 3.05) is 20.3 Å². The molecule has 0 heterocycles. The van der Waals surface area contributed by atoms with Gasteiger partial charge in [0.2, 0.25) is 0 Å². The smallest absolute Gasteiger partial charge is 0.325 e. The zero-order valence-electron chi connectivity index (χ0n) is 10.7. The van der Waals surface area contributed by atoms with Gasteiger partial charge in [-0.15, -0.1) is 0 Å². The number of nitrogens with two attached hydrogens (primary N) is 1. The van der Waals surface area contributed by atoms with Crippen molar-refractivity contribution in [3.05, 3.63) is 0 Å². The van der Waals surface area contributed by atoms with Crippen LogP contribution in [-0.4, -0.2) is 44.5 Å². The van der Waals surface area contributed by atoms with E-state index < -0.39 is 12.0 Å². The molecule has 1 rings (SSSR count). The van der Waals surface area contributed by atoms with Gasteiger partial charge in [-0.05, 0) is 32.6 Å². The minimum atomic E-state index is -0.683. The second kappa shape index (κ2) is 7.63. The second-order valence-electron chi connectivity index (χ2n) is 4.34. The van der Waals surface area contributed by atoms with E-state index in [4.69, 9.17) is 19.9 Å². The van der Waals surface area contributed by atoms with Crippen molar-refractivity contribution in [3.8, 4) is 0 Å². The van der Waals surface area contributed by atoms with Gasteiger partial charge >= 0.3 is 5.97 Å². The van der Waals surface area contributed by atoms with Crippen LogP contribution in [0.5, 0.6) is 0 Å². The molecule has 5 heteroatoms. The zero-order valence-corrected chi connectivity index (χ0v) is 10.7. The molecular weight excluding hydrogens is 222 g/mol. The molecule has 100 valence electrons. The summed E-state index contributed by atoms with van der Waals surface area (Å²) in [7, 11) is 1.72. The molecule has 2 N–H and O–H groups in total. The van der Waals surface area contributed by atoms with Gasteiger partial charge in [0.15, 0.2) is 0 Å². The Kier molecular flexibility index (Phi) is 6.47. The van der Waals surface area contributed by atoms with Crippen LogP contribution in [0.25, 0.3) is 0 Å². The monoisotopic (exact) mass is 245 g/mol. The molecule has 3 unspecified atom stereocenters. The van der Waals surface area contributed by atoms with E-state index in [9.17, 15) is 4.79 Å². The van der Waals surface area contributed by atoms with Gasteiger partial charge in [-0.1, -0.05) is 0 Å². The Morgan fingerprint density at radius 1 is 1.41 bits per heavy atom. The van der Waals surface area contributed by atoms with Gasteiger partial charge in [-0.2, -0.15) is 0 Å². The molecule has 0 spiro atoms. The van der Waals surface area contributed by atoms with Crippen LogP contribution in [0.15, 0.2) is 0 Å². The fraction of sp³-hybridized carbons (Fsp3) is 0.917. The summed E-state index contributed by atoms with van der Waals surface area (Å²) in [6.45, 7) is 2.33. The molecule has 5 nitrogen and oxygen atoms in total. The third kappa shape index (κ3) is 5.02. The number of esters is 1. The minimum absolute atomic E-state index is 0.147. The fourth-order valence-electron chi connectivity index (χ4n) is 2.02. The van der Waals surface area contributed by atoms with E-state index in [2.05, 4.69) is 0 Å².